The Morgan fingerprint density at radius 2 is 0.844 bits per heavy atom. The maximum Gasteiger partial charge on any atom is 0.0467 e. The van der Waals surface area contributed by atoms with E-state index in [0.29, 0.717) is 0 Å². The Labute approximate surface area is 192 Å². The van der Waals surface area contributed by atoms with Gasteiger partial charge in [-0.1, -0.05) is 74.5 Å². The van der Waals surface area contributed by atoms with Crippen molar-refractivity contribution in [3.63, 3.8) is 0 Å². The van der Waals surface area contributed by atoms with Crippen LogP contribution in [0, 0.1) is 13.8 Å². The van der Waals surface area contributed by atoms with Crippen molar-refractivity contribution in [2.75, 3.05) is 10.6 Å². The molecule has 0 heterocycles. The molecule has 4 aromatic rings. The van der Waals surface area contributed by atoms with Gasteiger partial charge >= 0.3 is 0 Å². The minimum Gasteiger partial charge on any atom is -0.355 e. The first-order valence-electron chi connectivity index (χ1n) is 11.5. The fourth-order valence-corrected chi connectivity index (χ4v) is 4.40. The second kappa shape index (κ2) is 9.74. The molecule has 0 saturated heterocycles. The molecule has 0 aliphatic heterocycles. The third kappa shape index (κ3) is 4.40. The molecule has 0 saturated carbocycles. The Morgan fingerprint density at radius 1 is 0.469 bits per heavy atom. The molecule has 0 unspecified atom stereocenters. The van der Waals surface area contributed by atoms with Gasteiger partial charge in [-0.2, -0.15) is 0 Å². The van der Waals surface area contributed by atoms with Crippen LogP contribution in [0.2, 0.25) is 0 Å². The number of para-hydroxylation sites is 2. The molecule has 0 spiro atoms. The minimum absolute atomic E-state index is 0.995. The maximum atomic E-state index is 3.74. The molecule has 2 nitrogen and oxygen atoms in total. The second-order valence-corrected chi connectivity index (χ2v) is 8.27. The molecule has 0 bridgehead atoms. The van der Waals surface area contributed by atoms with Gasteiger partial charge in [0.1, 0.15) is 0 Å². The van der Waals surface area contributed by atoms with Crippen LogP contribution in [-0.2, 0) is 12.8 Å². The van der Waals surface area contributed by atoms with Crippen LogP contribution in [0.25, 0.3) is 11.1 Å². The Morgan fingerprint density at radius 3 is 1.25 bits per heavy atom. The number of rotatable bonds is 7. The average Bonchev–Trinajstić information content (AvgIpc) is 2.81. The fraction of sp³-hybridized carbons (Fsp3) is 0.200. The lowest BCUT2D eigenvalue weighted by Gasteiger charge is -2.22. The fourth-order valence-electron chi connectivity index (χ4n) is 4.40. The monoisotopic (exact) mass is 420 g/mol. The molecule has 32 heavy (non-hydrogen) atoms. The molecular formula is C30H32N2. The maximum absolute atomic E-state index is 3.74. The Bertz CT molecular complexity index is 1130. The predicted molar refractivity (Wildman–Crippen MR) is 140 cm³/mol. The van der Waals surface area contributed by atoms with E-state index in [9.17, 15) is 0 Å². The largest absolute Gasteiger partial charge is 0.355 e. The van der Waals surface area contributed by atoms with Crippen molar-refractivity contribution in [3.05, 3.63) is 107 Å². The summed E-state index contributed by atoms with van der Waals surface area (Å²) >= 11 is 0. The van der Waals surface area contributed by atoms with Crippen LogP contribution in [0.1, 0.15) is 36.1 Å². The summed E-state index contributed by atoms with van der Waals surface area (Å²) in [5, 5.41) is 7.49. The molecule has 0 aromatic heterocycles. The van der Waals surface area contributed by atoms with Crippen LogP contribution in [0.4, 0.5) is 22.7 Å². The van der Waals surface area contributed by atoms with E-state index < -0.39 is 0 Å². The summed E-state index contributed by atoms with van der Waals surface area (Å²) in [5.41, 5.74) is 12.2. The van der Waals surface area contributed by atoms with E-state index >= 15 is 0 Å². The topological polar surface area (TPSA) is 24.1 Å². The summed E-state index contributed by atoms with van der Waals surface area (Å²) in [7, 11) is 0. The summed E-state index contributed by atoms with van der Waals surface area (Å²) < 4.78 is 0. The lowest BCUT2D eigenvalue weighted by Crippen LogP contribution is -2.02. The zero-order chi connectivity index (χ0) is 22.5. The van der Waals surface area contributed by atoms with E-state index in [1.807, 2.05) is 0 Å². The Kier molecular flexibility index (Phi) is 6.61. The number of benzene rings is 4. The molecule has 0 atom stereocenters. The molecule has 162 valence electrons. The van der Waals surface area contributed by atoms with Crippen molar-refractivity contribution in [1.82, 2.24) is 0 Å². The predicted octanol–water partition coefficient (Wildman–Crippen LogP) is 8.58. The molecule has 0 aliphatic carbocycles. The number of aryl methyl sites for hydroxylation is 4. The number of nitrogens with one attached hydrogen (secondary N) is 2. The van der Waals surface area contributed by atoms with Crippen molar-refractivity contribution in [1.29, 1.82) is 0 Å². The van der Waals surface area contributed by atoms with Gasteiger partial charge in [0.2, 0.25) is 0 Å². The van der Waals surface area contributed by atoms with Gasteiger partial charge in [0, 0.05) is 33.9 Å². The molecule has 2 heteroatoms. The highest BCUT2D eigenvalue weighted by molar-refractivity contribution is 5.93. The van der Waals surface area contributed by atoms with Crippen molar-refractivity contribution < 1.29 is 0 Å². The average molecular weight is 421 g/mol. The minimum atomic E-state index is 0.995. The van der Waals surface area contributed by atoms with Crippen LogP contribution in [-0.4, -0.2) is 0 Å². The normalized spacial score (nSPS) is 10.8. The standard InChI is InChI=1S/C30H32N2/c1-5-23-15-7-9-17-25(23)31-27-19-11-13-21(3)29(27)30-22(4)14-12-20-28(30)32-26-18-10-8-16-24(26)6-2/h7-20,31-32H,5-6H2,1-4H3. The number of anilines is 4. The number of hydrogen-bond acceptors (Lipinski definition) is 2. The summed E-state index contributed by atoms with van der Waals surface area (Å²) in [4.78, 5) is 0. The van der Waals surface area contributed by atoms with Crippen LogP contribution in [0.5, 0.6) is 0 Å². The highest BCUT2D eigenvalue weighted by atomic mass is 14.9. The first-order valence-corrected chi connectivity index (χ1v) is 11.5. The zero-order valence-corrected chi connectivity index (χ0v) is 19.5. The third-order valence-corrected chi connectivity index (χ3v) is 6.13. The van der Waals surface area contributed by atoms with Crippen LogP contribution < -0.4 is 10.6 Å². The first kappa shape index (κ1) is 21.7. The smallest absolute Gasteiger partial charge is 0.0467 e. The summed E-state index contributed by atoms with van der Waals surface area (Å²) in [6, 6.07) is 30.2. The van der Waals surface area contributed by atoms with Crippen LogP contribution in [0.15, 0.2) is 84.9 Å². The molecule has 4 rings (SSSR count). The Balaban J connectivity index is 1.84. The Hall–Kier alpha value is -3.52. The van der Waals surface area contributed by atoms with E-state index in [1.165, 1.54) is 44.8 Å². The molecule has 2 N–H and O–H groups in total. The van der Waals surface area contributed by atoms with E-state index in [2.05, 4.69) is 123 Å². The van der Waals surface area contributed by atoms with Crippen LogP contribution in [0.3, 0.4) is 0 Å². The van der Waals surface area contributed by atoms with Gasteiger partial charge < -0.3 is 10.6 Å². The van der Waals surface area contributed by atoms with Gasteiger partial charge in [0.25, 0.3) is 0 Å². The third-order valence-electron chi connectivity index (χ3n) is 6.13. The summed E-state index contributed by atoms with van der Waals surface area (Å²) in [6.45, 7) is 8.79. The van der Waals surface area contributed by atoms with Crippen molar-refractivity contribution >= 4 is 22.7 Å². The highest BCUT2D eigenvalue weighted by Crippen LogP contribution is 2.41. The molecule has 0 fully saturated rings. The quantitative estimate of drug-likeness (QED) is 0.313. The lowest BCUT2D eigenvalue weighted by molar-refractivity contribution is 1.14. The van der Waals surface area contributed by atoms with Gasteiger partial charge in [0.15, 0.2) is 0 Å². The second-order valence-electron chi connectivity index (χ2n) is 8.27. The molecule has 0 amide bonds. The SMILES string of the molecule is CCc1ccccc1Nc1cccc(C)c1-c1c(C)cccc1Nc1ccccc1CC. The van der Waals surface area contributed by atoms with Gasteiger partial charge in [-0.3, -0.25) is 0 Å². The van der Waals surface area contributed by atoms with Gasteiger partial charge in [-0.05, 0) is 73.2 Å². The highest BCUT2D eigenvalue weighted by Gasteiger charge is 2.16. The zero-order valence-electron chi connectivity index (χ0n) is 19.5. The van der Waals surface area contributed by atoms with Gasteiger partial charge in [-0.15, -0.1) is 0 Å². The summed E-state index contributed by atoms with van der Waals surface area (Å²) in [6.07, 6.45) is 1.99. The van der Waals surface area contributed by atoms with E-state index in [1.54, 1.807) is 0 Å². The van der Waals surface area contributed by atoms with Gasteiger partial charge in [-0.25, -0.2) is 0 Å². The van der Waals surface area contributed by atoms with Gasteiger partial charge in [0.05, 0.1) is 0 Å². The molecular weight excluding hydrogens is 388 g/mol. The number of hydrogen-bond donors (Lipinski definition) is 2. The van der Waals surface area contributed by atoms with E-state index in [4.69, 9.17) is 0 Å². The van der Waals surface area contributed by atoms with Crippen LogP contribution >= 0.6 is 0 Å². The summed E-state index contributed by atoms with van der Waals surface area (Å²) in [5.74, 6) is 0. The van der Waals surface area contributed by atoms with Crippen molar-refractivity contribution in [2.24, 2.45) is 0 Å². The van der Waals surface area contributed by atoms with E-state index in [-0.39, 0.29) is 0 Å². The van der Waals surface area contributed by atoms with Crippen molar-refractivity contribution in [3.8, 4) is 11.1 Å². The first-order chi connectivity index (χ1) is 15.6. The molecule has 0 radical (unpaired) electrons. The lowest BCUT2D eigenvalue weighted by atomic mass is 9.92. The molecule has 4 aromatic carbocycles. The van der Waals surface area contributed by atoms with Crippen molar-refractivity contribution in [2.45, 2.75) is 40.5 Å². The van der Waals surface area contributed by atoms with E-state index in [0.717, 1.165) is 24.2 Å². The molecule has 0 aliphatic rings.